The normalized spacial score (nSPS) is 11.9. The summed E-state index contributed by atoms with van der Waals surface area (Å²) in [4.78, 5) is 52.8. The second-order valence-electron chi connectivity index (χ2n) is 12.4. The fourth-order valence-electron chi connectivity index (χ4n) is 5.57. The monoisotopic (exact) mass is 645 g/mol. The number of amides is 2. The van der Waals surface area contributed by atoms with Gasteiger partial charge in [-0.2, -0.15) is 0 Å². The van der Waals surface area contributed by atoms with Gasteiger partial charge in [-0.25, -0.2) is 0 Å². The number of ether oxygens (including phenoxy) is 1. The van der Waals surface area contributed by atoms with Crippen molar-refractivity contribution in [2.45, 2.75) is 51.6 Å². The number of carbonyl (C=O) groups excluding carboxylic acids is 2. The highest BCUT2D eigenvalue weighted by atomic mass is 16.5. The topological polar surface area (TPSA) is 127 Å². The summed E-state index contributed by atoms with van der Waals surface area (Å²) in [5, 5.41) is 17.3. The third-order valence-corrected chi connectivity index (χ3v) is 8.67. The SMILES string of the molecule is COc1ccc(Cn2ccc(C)c(NC(=O)[C@@H](Cc3ccc(C(C)(C)C(=O)O)cc3)NC(=O)Cc3cccc4ccccc34)c2=O)cc1. The number of aliphatic carboxylic acids is 1. The average molecular weight is 646 g/mol. The molecule has 5 aromatic rings. The van der Waals surface area contributed by atoms with Crippen LogP contribution in [0.1, 0.15) is 41.7 Å². The zero-order valence-electron chi connectivity index (χ0n) is 27.4. The van der Waals surface area contributed by atoms with Gasteiger partial charge < -0.3 is 25.0 Å². The van der Waals surface area contributed by atoms with E-state index in [4.69, 9.17) is 4.74 Å². The number of nitrogens with zero attached hydrogens (tertiary/aromatic N) is 1. The fourth-order valence-corrected chi connectivity index (χ4v) is 5.57. The molecule has 0 unspecified atom stereocenters. The number of carboxylic acids is 1. The van der Waals surface area contributed by atoms with E-state index in [1.54, 1.807) is 64.4 Å². The number of pyridine rings is 1. The minimum Gasteiger partial charge on any atom is -0.497 e. The molecule has 0 aliphatic rings. The lowest BCUT2D eigenvalue weighted by molar-refractivity contribution is -0.142. The Morgan fingerprint density at radius 2 is 1.54 bits per heavy atom. The maximum Gasteiger partial charge on any atom is 0.313 e. The summed E-state index contributed by atoms with van der Waals surface area (Å²) in [5.74, 6) is -1.14. The Bertz CT molecular complexity index is 2010. The summed E-state index contributed by atoms with van der Waals surface area (Å²) >= 11 is 0. The Labute approximate surface area is 279 Å². The van der Waals surface area contributed by atoms with Crippen LogP contribution in [-0.2, 0) is 39.2 Å². The van der Waals surface area contributed by atoms with Crippen LogP contribution < -0.4 is 20.9 Å². The van der Waals surface area contributed by atoms with Crippen molar-refractivity contribution < 1.29 is 24.2 Å². The van der Waals surface area contributed by atoms with Crippen LogP contribution in [0.2, 0.25) is 0 Å². The second kappa shape index (κ2) is 14.4. The summed E-state index contributed by atoms with van der Waals surface area (Å²) in [6, 6.07) is 28.6. The Hall–Kier alpha value is -5.70. The standard InChI is InChI=1S/C39H39N3O6/c1-25-20-21-42(24-27-14-18-31(48-4)19-15-27)37(45)35(25)41-36(44)33(22-26-12-16-30(17-13-26)39(2,3)38(46)47)40-34(43)23-29-10-7-9-28-8-5-6-11-32(28)29/h5-21,33H,22-24H2,1-4H3,(H,40,43)(H,41,44)(H,46,47)/t33-/m1/s1. The minimum absolute atomic E-state index is 0.0515. The average Bonchev–Trinajstić information content (AvgIpc) is 3.08. The number of rotatable bonds is 12. The molecular weight excluding hydrogens is 606 g/mol. The molecule has 1 atom stereocenters. The van der Waals surface area contributed by atoms with Gasteiger partial charge in [-0.3, -0.25) is 19.2 Å². The molecule has 0 aliphatic carbocycles. The van der Waals surface area contributed by atoms with E-state index in [2.05, 4.69) is 10.6 Å². The summed E-state index contributed by atoms with van der Waals surface area (Å²) in [6.45, 7) is 5.28. The fraction of sp³-hybridized carbons (Fsp3) is 0.231. The number of methoxy groups -OCH3 is 1. The van der Waals surface area contributed by atoms with Gasteiger partial charge in [-0.05, 0) is 77.6 Å². The molecule has 246 valence electrons. The van der Waals surface area contributed by atoms with Crippen LogP contribution in [0.3, 0.4) is 0 Å². The molecule has 5 rings (SSSR count). The van der Waals surface area contributed by atoms with E-state index in [1.807, 2.05) is 66.7 Å². The predicted molar refractivity (Wildman–Crippen MR) is 187 cm³/mol. The largest absolute Gasteiger partial charge is 0.497 e. The van der Waals surface area contributed by atoms with Crippen LogP contribution in [0.5, 0.6) is 5.75 Å². The lowest BCUT2D eigenvalue weighted by Gasteiger charge is -2.22. The molecule has 1 heterocycles. The highest BCUT2D eigenvalue weighted by molar-refractivity contribution is 5.98. The molecule has 0 spiro atoms. The van der Waals surface area contributed by atoms with Gasteiger partial charge in [0.1, 0.15) is 17.5 Å². The maximum absolute atomic E-state index is 13.9. The van der Waals surface area contributed by atoms with E-state index in [0.29, 0.717) is 22.4 Å². The molecule has 0 saturated heterocycles. The molecule has 48 heavy (non-hydrogen) atoms. The van der Waals surface area contributed by atoms with E-state index < -0.39 is 23.3 Å². The number of carbonyl (C=O) groups is 3. The van der Waals surface area contributed by atoms with Crippen LogP contribution in [-0.4, -0.2) is 40.6 Å². The van der Waals surface area contributed by atoms with E-state index in [1.165, 1.54) is 4.57 Å². The highest BCUT2D eigenvalue weighted by Crippen LogP contribution is 2.24. The summed E-state index contributed by atoms with van der Waals surface area (Å²) < 4.78 is 6.74. The zero-order chi connectivity index (χ0) is 34.4. The molecular formula is C39H39N3O6. The van der Waals surface area contributed by atoms with Crippen molar-refractivity contribution in [1.29, 1.82) is 0 Å². The Balaban J connectivity index is 1.41. The summed E-state index contributed by atoms with van der Waals surface area (Å²) in [6.07, 6.45) is 1.85. The molecule has 0 bridgehead atoms. The number of hydrogen-bond donors (Lipinski definition) is 3. The van der Waals surface area contributed by atoms with Crippen molar-refractivity contribution in [1.82, 2.24) is 9.88 Å². The number of benzene rings is 4. The first-order valence-electron chi connectivity index (χ1n) is 15.7. The van der Waals surface area contributed by atoms with Crippen molar-refractivity contribution in [3.05, 3.63) is 141 Å². The summed E-state index contributed by atoms with van der Waals surface area (Å²) in [7, 11) is 1.59. The van der Waals surface area contributed by atoms with Gasteiger partial charge in [0.15, 0.2) is 0 Å². The smallest absolute Gasteiger partial charge is 0.313 e. The first-order valence-corrected chi connectivity index (χ1v) is 15.7. The molecule has 0 radical (unpaired) electrons. The molecule has 0 aliphatic heterocycles. The van der Waals surface area contributed by atoms with Gasteiger partial charge >= 0.3 is 5.97 Å². The predicted octanol–water partition coefficient (Wildman–Crippen LogP) is 5.64. The van der Waals surface area contributed by atoms with E-state index in [-0.39, 0.29) is 36.5 Å². The Kier molecular flexibility index (Phi) is 10.1. The van der Waals surface area contributed by atoms with Crippen molar-refractivity contribution in [3.63, 3.8) is 0 Å². The summed E-state index contributed by atoms with van der Waals surface area (Å²) in [5.41, 5.74) is 2.27. The van der Waals surface area contributed by atoms with Crippen LogP contribution in [0.25, 0.3) is 10.8 Å². The molecule has 4 aromatic carbocycles. The van der Waals surface area contributed by atoms with Gasteiger partial charge in [-0.15, -0.1) is 0 Å². The number of carboxylic acid groups (broad SMARTS) is 1. The molecule has 0 fully saturated rings. The number of nitrogens with one attached hydrogen (secondary N) is 2. The minimum atomic E-state index is -1.10. The van der Waals surface area contributed by atoms with Crippen LogP contribution >= 0.6 is 0 Å². The highest BCUT2D eigenvalue weighted by Gasteiger charge is 2.30. The lowest BCUT2D eigenvalue weighted by Crippen LogP contribution is -2.46. The molecule has 3 N–H and O–H groups in total. The first kappa shape index (κ1) is 33.7. The van der Waals surface area contributed by atoms with E-state index >= 15 is 0 Å². The Morgan fingerprint density at radius 1 is 0.875 bits per heavy atom. The van der Waals surface area contributed by atoms with Crippen molar-refractivity contribution in [2.75, 3.05) is 12.4 Å². The van der Waals surface area contributed by atoms with Gasteiger partial charge in [0, 0.05) is 12.6 Å². The van der Waals surface area contributed by atoms with Gasteiger partial charge in [-0.1, -0.05) is 78.9 Å². The van der Waals surface area contributed by atoms with Crippen LogP contribution in [0.4, 0.5) is 5.69 Å². The molecule has 9 nitrogen and oxygen atoms in total. The number of anilines is 1. The first-order chi connectivity index (χ1) is 23.0. The third kappa shape index (κ3) is 7.63. The number of aryl methyl sites for hydroxylation is 1. The van der Waals surface area contributed by atoms with Gasteiger partial charge in [0.25, 0.3) is 5.56 Å². The number of aromatic nitrogens is 1. The van der Waals surface area contributed by atoms with E-state index in [0.717, 1.165) is 21.9 Å². The Morgan fingerprint density at radius 3 is 2.23 bits per heavy atom. The van der Waals surface area contributed by atoms with Gasteiger partial charge in [0.2, 0.25) is 11.8 Å². The third-order valence-electron chi connectivity index (χ3n) is 8.67. The zero-order valence-corrected chi connectivity index (χ0v) is 27.4. The maximum atomic E-state index is 13.9. The van der Waals surface area contributed by atoms with Crippen LogP contribution in [0.15, 0.2) is 108 Å². The van der Waals surface area contributed by atoms with E-state index in [9.17, 15) is 24.3 Å². The second-order valence-corrected chi connectivity index (χ2v) is 12.4. The number of fused-ring (bicyclic) bond motifs is 1. The van der Waals surface area contributed by atoms with Crippen molar-refractivity contribution in [2.24, 2.45) is 0 Å². The molecule has 9 heteroatoms. The van der Waals surface area contributed by atoms with Crippen LogP contribution in [0, 0.1) is 6.92 Å². The number of hydrogen-bond acceptors (Lipinski definition) is 5. The molecule has 0 saturated carbocycles. The molecule has 1 aromatic heterocycles. The molecule has 2 amide bonds. The van der Waals surface area contributed by atoms with Gasteiger partial charge in [0.05, 0.1) is 25.5 Å². The quantitative estimate of drug-likeness (QED) is 0.161. The lowest BCUT2D eigenvalue weighted by atomic mass is 9.84. The van der Waals surface area contributed by atoms with Crippen molar-refractivity contribution >= 4 is 34.2 Å². The van der Waals surface area contributed by atoms with Crippen molar-refractivity contribution in [3.8, 4) is 5.75 Å².